The zero-order valence-electron chi connectivity index (χ0n) is 11.6. The maximum atomic E-state index is 11.1. The molecule has 0 radical (unpaired) electrons. The largest absolute Gasteiger partial charge is 0.508 e. The fourth-order valence-electron chi connectivity index (χ4n) is 1.41. The Kier molecular flexibility index (Phi) is 8.20. The van der Waals surface area contributed by atoms with Crippen LogP contribution in [0.2, 0.25) is 0 Å². The molecule has 0 aliphatic heterocycles. The number of carbonyl (C=O) groups is 1. The second-order valence-electron chi connectivity index (χ2n) is 4.34. The fraction of sp³-hybridized carbons (Fsp3) is 0.643. The lowest BCUT2D eigenvalue weighted by molar-refractivity contribution is 0.0452. The number of allylic oxidation sites excluding steroid dienone is 3. The number of hydrogen-bond acceptors (Lipinski definition) is 3. The molecule has 0 amide bonds. The highest BCUT2D eigenvalue weighted by molar-refractivity contribution is 5.60. The minimum atomic E-state index is -0.603. The highest BCUT2D eigenvalue weighted by Gasteiger charge is 2.07. The van der Waals surface area contributed by atoms with E-state index in [9.17, 15) is 4.79 Å². The molecule has 0 heterocycles. The molecule has 0 bridgehead atoms. The average Bonchev–Trinajstić information content (AvgIpc) is 2.16. The first-order chi connectivity index (χ1) is 7.95. The summed E-state index contributed by atoms with van der Waals surface area (Å²) in [6.07, 6.45) is 5.33. The van der Waals surface area contributed by atoms with Crippen LogP contribution in [0.4, 0.5) is 4.79 Å². The van der Waals surface area contributed by atoms with Gasteiger partial charge < -0.3 is 9.47 Å². The topological polar surface area (TPSA) is 35.5 Å². The zero-order valence-corrected chi connectivity index (χ0v) is 11.6. The van der Waals surface area contributed by atoms with Gasteiger partial charge in [0.1, 0.15) is 6.10 Å². The van der Waals surface area contributed by atoms with Gasteiger partial charge in [0.05, 0.1) is 6.61 Å². The Labute approximate surface area is 104 Å². The smallest absolute Gasteiger partial charge is 0.435 e. The summed E-state index contributed by atoms with van der Waals surface area (Å²) in [4.78, 5) is 11.1. The lowest BCUT2D eigenvalue weighted by Gasteiger charge is -2.10. The standard InChI is InChI=1S/C14H24O3/c1-6-16-14(15)17-13(5)10-12(4)9-7-8-11(2)3/h8,10,13H,6-7,9H2,1-5H3/b12-10+. The molecule has 3 nitrogen and oxygen atoms in total. The monoisotopic (exact) mass is 240 g/mol. The summed E-state index contributed by atoms with van der Waals surface area (Å²) in [5.74, 6) is 0. The molecular weight excluding hydrogens is 216 g/mol. The van der Waals surface area contributed by atoms with E-state index < -0.39 is 6.16 Å². The quantitative estimate of drug-likeness (QED) is 0.514. The molecule has 1 atom stereocenters. The van der Waals surface area contributed by atoms with Gasteiger partial charge in [-0.05, 0) is 53.5 Å². The third-order valence-corrected chi connectivity index (χ3v) is 2.15. The minimum Gasteiger partial charge on any atom is -0.435 e. The molecule has 0 fully saturated rings. The Bertz CT molecular complexity index is 286. The molecule has 0 aromatic rings. The molecule has 0 rings (SSSR count). The molecule has 0 spiro atoms. The summed E-state index contributed by atoms with van der Waals surface area (Å²) < 4.78 is 9.74. The van der Waals surface area contributed by atoms with E-state index in [1.165, 1.54) is 11.1 Å². The number of rotatable bonds is 6. The van der Waals surface area contributed by atoms with Crippen molar-refractivity contribution in [2.24, 2.45) is 0 Å². The molecule has 0 aromatic carbocycles. The first-order valence-electron chi connectivity index (χ1n) is 6.09. The van der Waals surface area contributed by atoms with Crippen molar-refractivity contribution < 1.29 is 14.3 Å². The van der Waals surface area contributed by atoms with E-state index in [1.54, 1.807) is 6.92 Å². The van der Waals surface area contributed by atoms with Crippen LogP contribution in [-0.4, -0.2) is 18.9 Å². The minimum absolute atomic E-state index is 0.235. The summed E-state index contributed by atoms with van der Waals surface area (Å²) >= 11 is 0. The van der Waals surface area contributed by atoms with Crippen molar-refractivity contribution in [3.8, 4) is 0 Å². The van der Waals surface area contributed by atoms with E-state index in [1.807, 2.05) is 19.9 Å². The van der Waals surface area contributed by atoms with Crippen LogP contribution in [0, 0.1) is 0 Å². The van der Waals surface area contributed by atoms with Crippen LogP contribution in [0.1, 0.15) is 47.5 Å². The molecule has 98 valence electrons. The van der Waals surface area contributed by atoms with E-state index in [4.69, 9.17) is 9.47 Å². The fourth-order valence-corrected chi connectivity index (χ4v) is 1.41. The van der Waals surface area contributed by atoms with Crippen molar-refractivity contribution in [3.63, 3.8) is 0 Å². The Morgan fingerprint density at radius 3 is 2.47 bits per heavy atom. The lowest BCUT2D eigenvalue weighted by atomic mass is 10.1. The first-order valence-corrected chi connectivity index (χ1v) is 6.09. The van der Waals surface area contributed by atoms with Gasteiger partial charge in [0.2, 0.25) is 0 Å². The van der Waals surface area contributed by atoms with Crippen molar-refractivity contribution >= 4 is 6.16 Å². The molecular formula is C14H24O3. The van der Waals surface area contributed by atoms with E-state index in [-0.39, 0.29) is 6.10 Å². The maximum absolute atomic E-state index is 11.1. The van der Waals surface area contributed by atoms with Crippen LogP contribution in [0.15, 0.2) is 23.3 Å². The van der Waals surface area contributed by atoms with Crippen LogP contribution in [0.25, 0.3) is 0 Å². The van der Waals surface area contributed by atoms with Gasteiger partial charge in [-0.3, -0.25) is 0 Å². The third-order valence-electron chi connectivity index (χ3n) is 2.15. The molecule has 0 aliphatic carbocycles. The summed E-state index contributed by atoms with van der Waals surface area (Å²) in [5.41, 5.74) is 2.55. The van der Waals surface area contributed by atoms with Gasteiger partial charge in [-0.1, -0.05) is 17.2 Å². The van der Waals surface area contributed by atoms with E-state index in [2.05, 4.69) is 19.9 Å². The van der Waals surface area contributed by atoms with Crippen LogP contribution < -0.4 is 0 Å². The van der Waals surface area contributed by atoms with Gasteiger partial charge in [0.15, 0.2) is 0 Å². The van der Waals surface area contributed by atoms with Crippen LogP contribution in [0.5, 0.6) is 0 Å². The number of ether oxygens (including phenoxy) is 2. The second kappa shape index (κ2) is 8.85. The Morgan fingerprint density at radius 1 is 1.29 bits per heavy atom. The lowest BCUT2D eigenvalue weighted by Crippen LogP contribution is -2.14. The van der Waals surface area contributed by atoms with Crippen molar-refractivity contribution in [1.29, 1.82) is 0 Å². The Morgan fingerprint density at radius 2 is 1.94 bits per heavy atom. The van der Waals surface area contributed by atoms with Crippen LogP contribution in [0.3, 0.4) is 0 Å². The van der Waals surface area contributed by atoms with E-state index >= 15 is 0 Å². The molecule has 0 saturated carbocycles. The zero-order chi connectivity index (χ0) is 13.3. The highest BCUT2D eigenvalue weighted by atomic mass is 16.7. The van der Waals surface area contributed by atoms with Crippen molar-refractivity contribution in [2.75, 3.05) is 6.61 Å². The normalized spacial score (nSPS) is 12.9. The second-order valence-corrected chi connectivity index (χ2v) is 4.34. The predicted octanol–water partition coefficient (Wildman–Crippen LogP) is 4.24. The first kappa shape index (κ1) is 15.8. The van der Waals surface area contributed by atoms with Gasteiger partial charge in [0, 0.05) is 0 Å². The summed E-state index contributed by atoms with van der Waals surface area (Å²) in [6.45, 7) is 10.2. The Hall–Kier alpha value is -1.25. The molecule has 0 aliphatic rings. The summed E-state index contributed by atoms with van der Waals surface area (Å²) in [7, 11) is 0. The predicted molar refractivity (Wildman–Crippen MR) is 70.0 cm³/mol. The molecule has 0 aromatic heterocycles. The van der Waals surface area contributed by atoms with Crippen molar-refractivity contribution in [2.45, 2.75) is 53.6 Å². The summed E-state index contributed by atoms with van der Waals surface area (Å²) in [5, 5.41) is 0. The van der Waals surface area contributed by atoms with Gasteiger partial charge in [-0.15, -0.1) is 0 Å². The van der Waals surface area contributed by atoms with E-state index in [0.717, 1.165) is 12.8 Å². The van der Waals surface area contributed by atoms with Gasteiger partial charge >= 0.3 is 6.16 Å². The number of carbonyl (C=O) groups excluding carboxylic acids is 1. The van der Waals surface area contributed by atoms with Gasteiger partial charge in [-0.25, -0.2) is 4.79 Å². The van der Waals surface area contributed by atoms with Crippen molar-refractivity contribution in [3.05, 3.63) is 23.3 Å². The summed E-state index contributed by atoms with van der Waals surface area (Å²) in [6, 6.07) is 0. The SMILES string of the molecule is CCOC(=O)OC(C)/C=C(\C)CCC=C(C)C. The molecule has 1 unspecified atom stereocenters. The molecule has 17 heavy (non-hydrogen) atoms. The maximum Gasteiger partial charge on any atom is 0.508 e. The molecule has 0 saturated heterocycles. The van der Waals surface area contributed by atoms with Crippen LogP contribution in [-0.2, 0) is 9.47 Å². The van der Waals surface area contributed by atoms with E-state index in [0.29, 0.717) is 6.61 Å². The van der Waals surface area contributed by atoms with Crippen molar-refractivity contribution in [1.82, 2.24) is 0 Å². The third kappa shape index (κ3) is 9.67. The molecule has 3 heteroatoms. The Balaban J connectivity index is 4.01. The number of hydrogen-bond donors (Lipinski definition) is 0. The van der Waals surface area contributed by atoms with Crippen LogP contribution >= 0.6 is 0 Å². The molecule has 0 N–H and O–H groups in total. The highest BCUT2D eigenvalue weighted by Crippen LogP contribution is 2.09. The average molecular weight is 240 g/mol. The van der Waals surface area contributed by atoms with Gasteiger partial charge in [0.25, 0.3) is 0 Å². The van der Waals surface area contributed by atoms with Gasteiger partial charge in [-0.2, -0.15) is 0 Å².